The first-order valence-electron chi connectivity index (χ1n) is 7.23. The van der Waals surface area contributed by atoms with Crippen LogP contribution in [0.15, 0.2) is 29.3 Å². The molecule has 2 unspecified atom stereocenters. The molecule has 0 spiro atoms. The molecule has 1 aromatic carbocycles. The molecule has 0 saturated carbocycles. The van der Waals surface area contributed by atoms with E-state index in [0.717, 1.165) is 18.6 Å². The Kier molecular flexibility index (Phi) is 7.74. The molecule has 0 aliphatic heterocycles. The predicted molar refractivity (Wildman–Crippen MR) is 87.2 cm³/mol. The normalized spacial score (nSPS) is 13.4. The van der Waals surface area contributed by atoms with Gasteiger partial charge in [0.15, 0.2) is 0 Å². The molecule has 0 aromatic heterocycles. The van der Waals surface area contributed by atoms with Crippen molar-refractivity contribution in [3.63, 3.8) is 0 Å². The number of unbranched alkanes of at least 4 members (excludes halogenated alkanes) is 2. The Labute approximate surface area is 119 Å². The van der Waals surface area contributed by atoms with Crippen molar-refractivity contribution in [1.82, 2.24) is 0 Å². The second-order valence-electron chi connectivity index (χ2n) is 4.94. The van der Waals surface area contributed by atoms with Gasteiger partial charge >= 0.3 is 0 Å². The number of benzene rings is 1. The molecule has 3 heteroatoms. The third kappa shape index (κ3) is 6.73. The highest BCUT2D eigenvalue weighted by atomic mass is 31.0. The van der Waals surface area contributed by atoms with Gasteiger partial charge in [0.05, 0.1) is 6.04 Å². The minimum Gasteiger partial charge on any atom is -0.440 e. The monoisotopic (exact) mass is 279 g/mol. The zero-order chi connectivity index (χ0) is 14.1. The largest absolute Gasteiger partial charge is 0.440 e. The van der Waals surface area contributed by atoms with Gasteiger partial charge in [0.2, 0.25) is 5.64 Å². The Morgan fingerprint density at radius 2 is 1.89 bits per heavy atom. The molecule has 0 bridgehead atoms. The first-order valence-corrected chi connectivity index (χ1v) is 7.81. The van der Waals surface area contributed by atoms with Gasteiger partial charge in [0, 0.05) is 0 Å². The lowest BCUT2D eigenvalue weighted by Crippen LogP contribution is -2.09. The van der Waals surface area contributed by atoms with Crippen molar-refractivity contribution in [1.29, 1.82) is 0 Å². The van der Waals surface area contributed by atoms with Gasteiger partial charge < -0.3 is 4.74 Å². The molecule has 2 nitrogen and oxygen atoms in total. The number of aliphatic imine (C=N–C) groups is 1. The van der Waals surface area contributed by atoms with Gasteiger partial charge in [-0.25, -0.2) is 4.99 Å². The first kappa shape index (κ1) is 16.2. The summed E-state index contributed by atoms with van der Waals surface area (Å²) in [5.74, 6) is 0.850. The van der Waals surface area contributed by atoms with Crippen LogP contribution in [0, 0.1) is 6.92 Å². The number of aryl methyl sites for hydroxylation is 1. The van der Waals surface area contributed by atoms with Gasteiger partial charge in [-0.1, -0.05) is 50.8 Å². The molecule has 0 fully saturated rings. The third-order valence-electron chi connectivity index (χ3n) is 3.17. The fourth-order valence-corrected chi connectivity index (χ4v) is 2.27. The molecule has 0 aliphatic carbocycles. The number of ether oxygens (including phenoxy) is 1. The van der Waals surface area contributed by atoms with Gasteiger partial charge in [-0.3, -0.25) is 0 Å². The van der Waals surface area contributed by atoms with E-state index in [9.17, 15) is 0 Å². The van der Waals surface area contributed by atoms with E-state index in [4.69, 9.17) is 4.74 Å². The fourth-order valence-electron chi connectivity index (χ4n) is 1.92. The van der Waals surface area contributed by atoms with Crippen LogP contribution in [0.2, 0.25) is 0 Å². The van der Waals surface area contributed by atoms with Crippen LogP contribution >= 0.6 is 9.24 Å². The van der Waals surface area contributed by atoms with Crippen LogP contribution in [0.1, 0.15) is 51.5 Å². The maximum atomic E-state index is 5.72. The van der Waals surface area contributed by atoms with Gasteiger partial charge in [0.1, 0.15) is 5.75 Å². The highest BCUT2D eigenvalue weighted by Gasteiger charge is 2.05. The van der Waals surface area contributed by atoms with Crippen molar-refractivity contribution in [2.24, 2.45) is 4.99 Å². The van der Waals surface area contributed by atoms with E-state index in [2.05, 4.69) is 35.0 Å². The molecule has 19 heavy (non-hydrogen) atoms. The van der Waals surface area contributed by atoms with Gasteiger partial charge in [0.25, 0.3) is 0 Å². The molecular formula is C16H26NOP. The Hall–Kier alpha value is -0.880. The van der Waals surface area contributed by atoms with E-state index in [0.29, 0.717) is 11.7 Å². The second kappa shape index (κ2) is 9.09. The zero-order valence-electron chi connectivity index (χ0n) is 12.4. The molecule has 2 atom stereocenters. The molecule has 0 heterocycles. The average Bonchev–Trinajstić information content (AvgIpc) is 2.40. The summed E-state index contributed by atoms with van der Waals surface area (Å²) >= 11 is 0. The molecule has 0 saturated heterocycles. The molecular weight excluding hydrogens is 253 g/mol. The Bertz CT molecular complexity index is 386. The molecule has 1 aromatic rings. The minimum absolute atomic E-state index is 0.379. The first-order chi connectivity index (χ1) is 9.15. The lowest BCUT2D eigenvalue weighted by molar-refractivity contribution is 0.518. The Balaban J connectivity index is 2.51. The van der Waals surface area contributed by atoms with Crippen LogP contribution in [0.3, 0.4) is 0 Å². The summed E-state index contributed by atoms with van der Waals surface area (Å²) in [5.41, 5.74) is 1.92. The van der Waals surface area contributed by atoms with E-state index >= 15 is 0 Å². The van der Waals surface area contributed by atoms with Crippen molar-refractivity contribution < 1.29 is 4.74 Å². The average molecular weight is 279 g/mol. The smallest absolute Gasteiger partial charge is 0.205 e. The maximum Gasteiger partial charge on any atom is 0.205 e. The maximum absolute atomic E-state index is 5.72. The summed E-state index contributed by atoms with van der Waals surface area (Å²) in [6.45, 7) is 6.48. The standard InChI is InChI=1S/C16H26NOP/c1-4-6-7-8-14(5-2)17-16(19)18-15-11-9-13(3)10-12-15/h9-12,14H,4-8,19H2,1-3H3. The molecule has 0 amide bonds. The summed E-state index contributed by atoms with van der Waals surface area (Å²) in [7, 11) is 2.60. The number of rotatable bonds is 7. The summed E-state index contributed by atoms with van der Waals surface area (Å²) in [6.07, 6.45) is 6.02. The third-order valence-corrected chi connectivity index (χ3v) is 3.43. The quantitative estimate of drug-likeness (QED) is 0.299. The topological polar surface area (TPSA) is 21.6 Å². The molecule has 0 radical (unpaired) electrons. The van der Waals surface area contributed by atoms with Crippen LogP contribution in [0.4, 0.5) is 0 Å². The van der Waals surface area contributed by atoms with Crippen molar-refractivity contribution in [3.05, 3.63) is 29.8 Å². The van der Waals surface area contributed by atoms with Crippen molar-refractivity contribution in [2.75, 3.05) is 0 Å². The number of hydrogen-bond acceptors (Lipinski definition) is 2. The van der Waals surface area contributed by atoms with Gasteiger partial charge in [-0.2, -0.15) is 0 Å². The predicted octanol–water partition coefficient (Wildman–Crippen LogP) is 4.96. The van der Waals surface area contributed by atoms with Gasteiger partial charge in [-0.15, -0.1) is 0 Å². The van der Waals surface area contributed by atoms with E-state index in [1.165, 1.54) is 24.8 Å². The van der Waals surface area contributed by atoms with Crippen molar-refractivity contribution >= 4 is 14.9 Å². The molecule has 0 N–H and O–H groups in total. The second-order valence-corrected chi connectivity index (χ2v) is 5.43. The lowest BCUT2D eigenvalue weighted by atomic mass is 10.1. The summed E-state index contributed by atoms with van der Waals surface area (Å²) in [5, 5.41) is 0. The van der Waals surface area contributed by atoms with Crippen molar-refractivity contribution in [2.45, 2.75) is 58.9 Å². The fraction of sp³-hybridized carbons (Fsp3) is 0.562. The van der Waals surface area contributed by atoms with E-state index in [1.54, 1.807) is 0 Å². The minimum atomic E-state index is 0.379. The number of nitrogens with zero attached hydrogens (tertiary/aromatic N) is 1. The van der Waals surface area contributed by atoms with E-state index < -0.39 is 0 Å². The van der Waals surface area contributed by atoms with Gasteiger partial charge in [-0.05, 0) is 41.1 Å². The highest BCUT2D eigenvalue weighted by molar-refractivity contribution is 7.39. The summed E-state index contributed by atoms with van der Waals surface area (Å²) < 4.78 is 5.72. The Morgan fingerprint density at radius 1 is 1.21 bits per heavy atom. The van der Waals surface area contributed by atoms with Crippen molar-refractivity contribution in [3.8, 4) is 5.75 Å². The molecule has 106 valence electrons. The molecule has 0 aliphatic rings. The zero-order valence-corrected chi connectivity index (χ0v) is 13.5. The summed E-state index contributed by atoms with van der Waals surface area (Å²) in [6, 6.07) is 8.43. The van der Waals surface area contributed by atoms with E-state index in [1.807, 2.05) is 24.3 Å². The summed E-state index contributed by atoms with van der Waals surface area (Å²) in [4.78, 5) is 4.64. The van der Waals surface area contributed by atoms with Crippen LogP contribution in [-0.4, -0.2) is 11.7 Å². The number of hydrogen-bond donors (Lipinski definition) is 0. The van der Waals surface area contributed by atoms with Crippen LogP contribution in [0.25, 0.3) is 0 Å². The van der Waals surface area contributed by atoms with Crippen LogP contribution in [-0.2, 0) is 0 Å². The van der Waals surface area contributed by atoms with E-state index in [-0.39, 0.29) is 0 Å². The van der Waals surface area contributed by atoms with Crippen LogP contribution in [0.5, 0.6) is 5.75 Å². The Morgan fingerprint density at radius 3 is 2.47 bits per heavy atom. The molecule has 1 rings (SSSR count). The SMILES string of the molecule is CCCCCC(CC)N=C(P)Oc1ccc(C)cc1. The highest BCUT2D eigenvalue weighted by Crippen LogP contribution is 2.16. The van der Waals surface area contributed by atoms with Crippen LogP contribution < -0.4 is 4.74 Å². The lowest BCUT2D eigenvalue weighted by Gasteiger charge is -2.12.